The molecule has 0 saturated carbocycles. The molecule has 3 aliphatic rings. The third-order valence-corrected chi connectivity index (χ3v) is 11.9. The lowest BCUT2D eigenvalue weighted by Gasteiger charge is -2.43. The molecule has 7 unspecified atom stereocenters. The number of phenolic OH excluding ortho intramolecular Hbond substituents is 2. The highest BCUT2D eigenvalue weighted by atomic mass is 16.5. The molecule has 0 aromatic heterocycles. The second kappa shape index (κ2) is 15.9. The molecule has 51 heavy (non-hydrogen) atoms. The van der Waals surface area contributed by atoms with E-state index in [4.69, 9.17) is 14.2 Å². The summed E-state index contributed by atoms with van der Waals surface area (Å²) in [5.74, 6) is 4.12. The number of ether oxygens (including phenoxy) is 3. The van der Waals surface area contributed by atoms with E-state index in [2.05, 4.69) is 45.9 Å². The van der Waals surface area contributed by atoms with Crippen LogP contribution in [-0.4, -0.2) is 47.4 Å². The Morgan fingerprint density at radius 1 is 0.922 bits per heavy atom. The van der Waals surface area contributed by atoms with Gasteiger partial charge in [0.2, 0.25) is 0 Å². The van der Waals surface area contributed by atoms with Gasteiger partial charge in [0.15, 0.2) is 11.5 Å². The fourth-order valence-electron chi connectivity index (χ4n) is 9.28. The number of aliphatic hydroxyl groups is 2. The Labute approximate surface area is 304 Å². The number of methoxy groups -OCH3 is 2. The van der Waals surface area contributed by atoms with Gasteiger partial charge in [-0.3, -0.25) is 0 Å². The van der Waals surface area contributed by atoms with Gasteiger partial charge in [0.25, 0.3) is 0 Å². The monoisotopic (exact) mass is 698 g/mol. The molecule has 4 N–H and O–H groups in total. The molecule has 0 amide bonds. The number of aromatic hydroxyl groups is 2. The van der Waals surface area contributed by atoms with Gasteiger partial charge in [0.05, 0.1) is 20.3 Å². The molecule has 1 heterocycles. The summed E-state index contributed by atoms with van der Waals surface area (Å²) in [6.07, 6.45) is 11.8. The Morgan fingerprint density at radius 2 is 1.71 bits per heavy atom. The van der Waals surface area contributed by atoms with Crippen LogP contribution in [0.25, 0.3) is 11.1 Å². The first-order chi connectivity index (χ1) is 24.6. The van der Waals surface area contributed by atoms with Crippen molar-refractivity contribution in [3.63, 3.8) is 0 Å². The molecule has 7 atom stereocenters. The van der Waals surface area contributed by atoms with Crippen LogP contribution in [0.1, 0.15) is 106 Å². The van der Waals surface area contributed by atoms with E-state index in [9.17, 15) is 20.4 Å². The van der Waals surface area contributed by atoms with Gasteiger partial charge in [-0.25, -0.2) is 0 Å². The van der Waals surface area contributed by atoms with E-state index < -0.39 is 12.2 Å². The number of benzene rings is 3. The number of hydrogen-bond acceptors (Lipinski definition) is 7. The van der Waals surface area contributed by atoms with Gasteiger partial charge in [-0.05, 0) is 113 Å². The Kier molecular flexibility index (Phi) is 11.6. The zero-order chi connectivity index (χ0) is 36.4. The van der Waals surface area contributed by atoms with Crippen LogP contribution in [0.3, 0.4) is 0 Å². The first-order valence-electron chi connectivity index (χ1n) is 19.2. The fraction of sp³-hybridized carbons (Fsp3) is 0.545. The summed E-state index contributed by atoms with van der Waals surface area (Å²) in [7, 11) is 3.21. The summed E-state index contributed by atoms with van der Waals surface area (Å²) in [5.41, 5.74) is 7.05. The lowest BCUT2D eigenvalue weighted by Crippen LogP contribution is -2.34. The number of allylic oxidation sites excluding steroid dienone is 2. The highest BCUT2D eigenvalue weighted by Crippen LogP contribution is 2.56. The number of rotatable bonds is 13. The van der Waals surface area contributed by atoms with Crippen LogP contribution in [0.4, 0.5) is 0 Å². The zero-order valence-electron chi connectivity index (χ0n) is 31.3. The number of aliphatic hydroxyl groups excluding tert-OH is 2. The lowest BCUT2D eigenvalue weighted by atomic mass is 9.63. The first kappa shape index (κ1) is 37.1. The topological polar surface area (TPSA) is 109 Å². The van der Waals surface area contributed by atoms with Gasteiger partial charge in [0, 0.05) is 30.2 Å². The average Bonchev–Trinajstić information content (AvgIpc) is 3.11. The molecule has 2 aliphatic carbocycles. The molecule has 7 nitrogen and oxygen atoms in total. The van der Waals surface area contributed by atoms with Crippen molar-refractivity contribution in [3.05, 3.63) is 76.4 Å². The molecule has 1 aliphatic heterocycles. The van der Waals surface area contributed by atoms with Gasteiger partial charge in [-0.2, -0.15) is 0 Å². The van der Waals surface area contributed by atoms with Crippen molar-refractivity contribution < 1.29 is 34.6 Å². The quantitative estimate of drug-likeness (QED) is 0.104. The minimum absolute atomic E-state index is 0.0341. The second-order valence-corrected chi connectivity index (χ2v) is 15.7. The number of unbranched alkanes of at least 4 members (excludes halogenated alkanes) is 2. The molecule has 276 valence electrons. The zero-order valence-corrected chi connectivity index (χ0v) is 31.3. The molecule has 3 aromatic rings. The highest BCUT2D eigenvalue weighted by Gasteiger charge is 2.42. The summed E-state index contributed by atoms with van der Waals surface area (Å²) in [5, 5.41) is 43.3. The van der Waals surface area contributed by atoms with Crippen molar-refractivity contribution >= 4 is 0 Å². The SMILES string of the molecule is CCCCCC(C)C1CC(C2Cc3cc(O)c(CC(C)C)cc3-c3c(OC)cc4c(c32)CC(O)C(c2ccc(O)c(OC)c2)O4)C=CC1CCO. The van der Waals surface area contributed by atoms with Crippen LogP contribution in [0, 0.1) is 29.6 Å². The van der Waals surface area contributed by atoms with E-state index in [1.807, 2.05) is 12.1 Å². The minimum atomic E-state index is -0.829. The molecule has 0 fully saturated rings. The van der Waals surface area contributed by atoms with Crippen LogP contribution in [0.2, 0.25) is 0 Å². The smallest absolute Gasteiger partial charge is 0.160 e. The van der Waals surface area contributed by atoms with Crippen molar-refractivity contribution in [2.24, 2.45) is 29.6 Å². The second-order valence-electron chi connectivity index (χ2n) is 15.7. The average molecular weight is 699 g/mol. The summed E-state index contributed by atoms with van der Waals surface area (Å²) in [4.78, 5) is 0. The Bertz CT molecular complexity index is 1710. The maximum absolute atomic E-state index is 11.8. The lowest BCUT2D eigenvalue weighted by molar-refractivity contribution is 0.0200. The third-order valence-electron chi connectivity index (χ3n) is 11.9. The molecule has 0 saturated heterocycles. The van der Waals surface area contributed by atoms with E-state index >= 15 is 0 Å². The van der Waals surface area contributed by atoms with Gasteiger partial charge >= 0.3 is 0 Å². The summed E-state index contributed by atoms with van der Waals surface area (Å²) in [6, 6.07) is 11.2. The summed E-state index contributed by atoms with van der Waals surface area (Å²) >= 11 is 0. The van der Waals surface area contributed by atoms with E-state index in [0.717, 1.165) is 64.8 Å². The Balaban J connectivity index is 1.49. The number of hydrogen-bond donors (Lipinski definition) is 4. The van der Waals surface area contributed by atoms with E-state index in [0.29, 0.717) is 47.3 Å². The Morgan fingerprint density at radius 3 is 2.41 bits per heavy atom. The predicted octanol–water partition coefficient (Wildman–Crippen LogP) is 9.06. The fourth-order valence-corrected chi connectivity index (χ4v) is 9.28. The standard InChI is InChI=1S/C44H58O7/c1-7-8-9-10-26(4)32-18-28(12-11-27(32)15-16-45)33-19-30-21-37(47)31(17-25(2)3)20-34(30)43-41(50-6)24-39-35(42(33)43)23-38(48)44(51-39)29-13-14-36(46)40(22-29)49-5/h11-14,20-22,24-28,32-33,38,44-48H,7-10,15-19,23H2,1-6H3. The van der Waals surface area contributed by atoms with Crippen LogP contribution >= 0.6 is 0 Å². The molecule has 0 bridgehead atoms. The van der Waals surface area contributed by atoms with Gasteiger partial charge in [-0.1, -0.05) is 71.6 Å². The molecule has 3 aromatic carbocycles. The van der Waals surface area contributed by atoms with Gasteiger partial charge in [0.1, 0.15) is 23.4 Å². The molecule has 0 radical (unpaired) electrons. The summed E-state index contributed by atoms with van der Waals surface area (Å²) < 4.78 is 18.3. The van der Waals surface area contributed by atoms with E-state index in [1.54, 1.807) is 25.3 Å². The highest BCUT2D eigenvalue weighted by molar-refractivity contribution is 5.83. The molecular formula is C44H58O7. The normalized spacial score (nSPS) is 24.3. The van der Waals surface area contributed by atoms with Gasteiger partial charge < -0.3 is 34.6 Å². The molecule has 6 rings (SSSR count). The predicted molar refractivity (Wildman–Crippen MR) is 202 cm³/mol. The van der Waals surface area contributed by atoms with Gasteiger partial charge in [-0.15, -0.1) is 0 Å². The van der Waals surface area contributed by atoms with E-state index in [1.165, 1.54) is 38.4 Å². The first-order valence-corrected chi connectivity index (χ1v) is 19.2. The van der Waals surface area contributed by atoms with Crippen LogP contribution in [-0.2, 0) is 19.3 Å². The molecule has 7 heteroatoms. The third kappa shape index (κ3) is 7.48. The maximum atomic E-state index is 11.8. The van der Waals surface area contributed by atoms with Crippen molar-refractivity contribution in [3.8, 4) is 39.9 Å². The van der Waals surface area contributed by atoms with Crippen molar-refractivity contribution in [2.75, 3.05) is 20.8 Å². The van der Waals surface area contributed by atoms with Crippen LogP contribution < -0.4 is 14.2 Å². The van der Waals surface area contributed by atoms with Crippen LogP contribution in [0.5, 0.6) is 28.7 Å². The van der Waals surface area contributed by atoms with E-state index in [-0.39, 0.29) is 24.2 Å². The summed E-state index contributed by atoms with van der Waals surface area (Å²) in [6.45, 7) is 9.16. The maximum Gasteiger partial charge on any atom is 0.160 e. The number of fused-ring (bicyclic) bond motifs is 5. The van der Waals surface area contributed by atoms with Crippen molar-refractivity contribution in [1.82, 2.24) is 0 Å². The van der Waals surface area contributed by atoms with Crippen molar-refractivity contribution in [1.29, 1.82) is 0 Å². The van der Waals surface area contributed by atoms with Crippen LogP contribution in [0.15, 0.2) is 48.6 Å². The minimum Gasteiger partial charge on any atom is -0.508 e. The largest absolute Gasteiger partial charge is 0.508 e. The number of phenols is 2. The Hall–Kier alpha value is -3.68. The molecular weight excluding hydrogens is 640 g/mol. The molecule has 0 spiro atoms. The van der Waals surface area contributed by atoms with Crippen molar-refractivity contribution in [2.45, 2.75) is 104 Å².